The first-order valence-electron chi connectivity index (χ1n) is 6.15. The van der Waals surface area contributed by atoms with Gasteiger partial charge in [-0.15, -0.1) is 0 Å². The highest BCUT2D eigenvalue weighted by Crippen LogP contribution is 2.10. The standard InChI is InChI=1S/C14H22N2O/c1-11-6-7-13(12(2)9-11)10-16-8-4-3-5-14(15)17/h6-7,9,16H,3-5,8,10H2,1-2H3,(H2,15,17). The molecule has 1 rings (SSSR count). The van der Waals surface area contributed by atoms with E-state index in [4.69, 9.17) is 5.73 Å². The molecule has 0 aliphatic carbocycles. The van der Waals surface area contributed by atoms with Crippen molar-refractivity contribution >= 4 is 5.91 Å². The maximum absolute atomic E-state index is 10.5. The molecule has 0 unspecified atom stereocenters. The van der Waals surface area contributed by atoms with Crippen LogP contribution in [-0.2, 0) is 11.3 Å². The van der Waals surface area contributed by atoms with Crippen LogP contribution >= 0.6 is 0 Å². The van der Waals surface area contributed by atoms with Crippen LogP contribution in [0.3, 0.4) is 0 Å². The average molecular weight is 234 g/mol. The van der Waals surface area contributed by atoms with Crippen LogP contribution in [0.5, 0.6) is 0 Å². The predicted molar refractivity (Wildman–Crippen MR) is 70.7 cm³/mol. The Hall–Kier alpha value is -1.35. The molecule has 0 heterocycles. The molecule has 0 spiro atoms. The van der Waals surface area contributed by atoms with Crippen molar-refractivity contribution in [3.8, 4) is 0 Å². The molecule has 0 bridgehead atoms. The number of nitrogens with two attached hydrogens (primary N) is 1. The van der Waals surface area contributed by atoms with Crippen LogP contribution in [0.1, 0.15) is 36.0 Å². The van der Waals surface area contributed by atoms with Gasteiger partial charge < -0.3 is 11.1 Å². The van der Waals surface area contributed by atoms with E-state index in [1.54, 1.807) is 0 Å². The zero-order valence-electron chi connectivity index (χ0n) is 10.8. The summed E-state index contributed by atoms with van der Waals surface area (Å²) in [5.41, 5.74) is 9.04. The molecule has 17 heavy (non-hydrogen) atoms. The smallest absolute Gasteiger partial charge is 0.217 e. The van der Waals surface area contributed by atoms with Gasteiger partial charge in [-0.1, -0.05) is 23.8 Å². The summed E-state index contributed by atoms with van der Waals surface area (Å²) in [6.07, 6.45) is 2.36. The maximum atomic E-state index is 10.5. The third-order valence-electron chi connectivity index (χ3n) is 2.84. The molecular formula is C14H22N2O. The van der Waals surface area contributed by atoms with Gasteiger partial charge in [-0.05, 0) is 44.4 Å². The van der Waals surface area contributed by atoms with Gasteiger partial charge in [-0.3, -0.25) is 4.79 Å². The number of nitrogens with one attached hydrogen (secondary N) is 1. The van der Waals surface area contributed by atoms with Crippen molar-refractivity contribution < 1.29 is 4.79 Å². The van der Waals surface area contributed by atoms with Crippen molar-refractivity contribution in [3.63, 3.8) is 0 Å². The monoisotopic (exact) mass is 234 g/mol. The normalized spacial score (nSPS) is 10.5. The SMILES string of the molecule is Cc1ccc(CNCCCCC(N)=O)c(C)c1. The van der Waals surface area contributed by atoms with Gasteiger partial charge in [-0.2, -0.15) is 0 Å². The Kier molecular flexibility index (Phi) is 5.70. The number of hydrogen-bond acceptors (Lipinski definition) is 2. The quantitative estimate of drug-likeness (QED) is 0.709. The lowest BCUT2D eigenvalue weighted by atomic mass is 10.1. The second-order valence-corrected chi connectivity index (χ2v) is 4.53. The Labute approximate surface area is 103 Å². The fourth-order valence-corrected chi connectivity index (χ4v) is 1.82. The van der Waals surface area contributed by atoms with Crippen molar-refractivity contribution in [2.45, 2.75) is 39.7 Å². The van der Waals surface area contributed by atoms with Crippen LogP contribution in [0.15, 0.2) is 18.2 Å². The van der Waals surface area contributed by atoms with Gasteiger partial charge in [0.1, 0.15) is 0 Å². The van der Waals surface area contributed by atoms with E-state index < -0.39 is 0 Å². The molecule has 0 radical (unpaired) electrons. The Morgan fingerprint density at radius 3 is 2.71 bits per heavy atom. The number of unbranched alkanes of at least 4 members (excludes halogenated alkanes) is 1. The lowest BCUT2D eigenvalue weighted by Crippen LogP contribution is -2.16. The first-order valence-corrected chi connectivity index (χ1v) is 6.15. The van der Waals surface area contributed by atoms with Crippen molar-refractivity contribution in [2.75, 3.05) is 6.54 Å². The summed E-state index contributed by atoms with van der Waals surface area (Å²) in [6.45, 7) is 6.06. The molecule has 0 aliphatic rings. The third-order valence-corrected chi connectivity index (χ3v) is 2.84. The van der Waals surface area contributed by atoms with E-state index in [9.17, 15) is 4.79 Å². The first-order chi connectivity index (χ1) is 8.09. The number of carbonyl (C=O) groups excluding carboxylic acids is 1. The summed E-state index contributed by atoms with van der Waals surface area (Å²) < 4.78 is 0. The maximum Gasteiger partial charge on any atom is 0.217 e. The van der Waals surface area contributed by atoms with Crippen molar-refractivity contribution in [1.82, 2.24) is 5.32 Å². The van der Waals surface area contributed by atoms with Crippen LogP contribution in [0.4, 0.5) is 0 Å². The highest BCUT2D eigenvalue weighted by Gasteiger charge is 1.98. The fourth-order valence-electron chi connectivity index (χ4n) is 1.82. The molecule has 3 N–H and O–H groups in total. The molecule has 0 aliphatic heterocycles. The first kappa shape index (κ1) is 13.7. The molecule has 0 atom stereocenters. The number of hydrogen-bond donors (Lipinski definition) is 2. The lowest BCUT2D eigenvalue weighted by molar-refractivity contribution is -0.118. The summed E-state index contributed by atoms with van der Waals surface area (Å²) in [5.74, 6) is -0.209. The van der Waals surface area contributed by atoms with E-state index in [-0.39, 0.29) is 5.91 Å². The number of primary amides is 1. The van der Waals surface area contributed by atoms with Crippen LogP contribution < -0.4 is 11.1 Å². The zero-order valence-corrected chi connectivity index (χ0v) is 10.8. The number of carbonyl (C=O) groups is 1. The third kappa shape index (κ3) is 5.50. The average Bonchev–Trinajstić information content (AvgIpc) is 2.25. The molecule has 0 saturated heterocycles. The highest BCUT2D eigenvalue weighted by atomic mass is 16.1. The van der Waals surface area contributed by atoms with E-state index >= 15 is 0 Å². The Morgan fingerprint density at radius 2 is 2.06 bits per heavy atom. The number of amides is 1. The molecule has 0 fully saturated rings. The minimum Gasteiger partial charge on any atom is -0.370 e. The molecule has 1 amide bonds. The summed E-state index contributed by atoms with van der Waals surface area (Å²) >= 11 is 0. The van der Waals surface area contributed by atoms with Gasteiger partial charge in [0.25, 0.3) is 0 Å². The van der Waals surface area contributed by atoms with E-state index in [0.29, 0.717) is 6.42 Å². The topological polar surface area (TPSA) is 55.1 Å². The second kappa shape index (κ2) is 7.07. The van der Waals surface area contributed by atoms with Gasteiger partial charge in [0.05, 0.1) is 0 Å². The summed E-state index contributed by atoms with van der Waals surface area (Å²) in [5, 5.41) is 3.38. The van der Waals surface area contributed by atoms with Crippen LogP contribution in [0, 0.1) is 13.8 Å². The van der Waals surface area contributed by atoms with Gasteiger partial charge >= 0.3 is 0 Å². The van der Waals surface area contributed by atoms with Crippen LogP contribution in [0.2, 0.25) is 0 Å². The Bertz CT molecular complexity index is 374. The van der Waals surface area contributed by atoms with E-state index in [1.807, 2.05) is 0 Å². The number of benzene rings is 1. The van der Waals surface area contributed by atoms with Crippen molar-refractivity contribution in [1.29, 1.82) is 0 Å². The largest absolute Gasteiger partial charge is 0.370 e. The van der Waals surface area contributed by atoms with E-state index in [2.05, 4.69) is 37.4 Å². The predicted octanol–water partition coefficient (Wildman–Crippen LogP) is 2.05. The molecule has 1 aromatic carbocycles. The van der Waals surface area contributed by atoms with Crippen LogP contribution in [0.25, 0.3) is 0 Å². The molecule has 3 nitrogen and oxygen atoms in total. The van der Waals surface area contributed by atoms with Gasteiger partial charge in [0.2, 0.25) is 5.91 Å². The van der Waals surface area contributed by atoms with E-state index in [1.165, 1.54) is 16.7 Å². The molecule has 0 saturated carbocycles. The Balaban J connectivity index is 2.20. The Morgan fingerprint density at radius 1 is 1.29 bits per heavy atom. The fraction of sp³-hybridized carbons (Fsp3) is 0.500. The molecule has 3 heteroatoms. The molecule has 1 aromatic rings. The van der Waals surface area contributed by atoms with Gasteiger partial charge in [-0.25, -0.2) is 0 Å². The van der Waals surface area contributed by atoms with Crippen LogP contribution in [-0.4, -0.2) is 12.5 Å². The molecule has 0 aromatic heterocycles. The zero-order chi connectivity index (χ0) is 12.7. The number of aryl methyl sites for hydroxylation is 2. The van der Waals surface area contributed by atoms with Gasteiger partial charge in [0.15, 0.2) is 0 Å². The van der Waals surface area contributed by atoms with Gasteiger partial charge in [0, 0.05) is 13.0 Å². The minimum absolute atomic E-state index is 0.209. The highest BCUT2D eigenvalue weighted by molar-refractivity contribution is 5.73. The minimum atomic E-state index is -0.209. The summed E-state index contributed by atoms with van der Waals surface area (Å²) in [4.78, 5) is 10.5. The molecule has 94 valence electrons. The lowest BCUT2D eigenvalue weighted by Gasteiger charge is -2.08. The summed E-state index contributed by atoms with van der Waals surface area (Å²) in [6, 6.07) is 6.50. The second-order valence-electron chi connectivity index (χ2n) is 4.53. The summed E-state index contributed by atoms with van der Waals surface area (Å²) in [7, 11) is 0. The van der Waals surface area contributed by atoms with Crippen molar-refractivity contribution in [2.24, 2.45) is 5.73 Å². The van der Waals surface area contributed by atoms with Crippen molar-refractivity contribution in [3.05, 3.63) is 34.9 Å². The number of rotatable bonds is 7. The van der Waals surface area contributed by atoms with E-state index in [0.717, 1.165) is 25.9 Å². The molecular weight excluding hydrogens is 212 g/mol.